The second-order valence-corrected chi connectivity index (χ2v) is 11.0. The quantitative estimate of drug-likeness (QED) is 0.503. The van der Waals surface area contributed by atoms with Crippen molar-refractivity contribution in [3.63, 3.8) is 0 Å². The van der Waals surface area contributed by atoms with Crippen LogP contribution < -0.4 is 10.6 Å². The molecule has 4 rings (SSSR count). The summed E-state index contributed by atoms with van der Waals surface area (Å²) in [6.07, 6.45) is 3.42. The number of aliphatic hydroxyl groups excluding tert-OH is 1. The monoisotopic (exact) mass is 521 g/mol. The van der Waals surface area contributed by atoms with E-state index in [-0.39, 0.29) is 22.8 Å². The molecule has 3 heterocycles. The van der Waals surface area contributed by atoms with Crippen LogP contribution in [0.2, 0.25) is 0 Å². The largest absolute Gasteiger partial charge is 0.393 e. The number of aryl methyl sites for hydroxylation is 1. The first-order valence-electron chi connectivity index (χ1n) is 12.4. The van der Waals surface area contributed by atoms with E-state index in [1.165, 1.54) is 0 Å². The summed E-state index contributed by atoms with van der Waals surface area (Å²) in [7, 11) is 0. The third-order valence-corrected chi connectivity index (χ3v) is 8.00. The first-order valence-corrected chi connectivity index (χ1v) is 13.2. The Hall–Kier alpha value is -2.66. The first-order chi connectivity index (χ1) is 17.0. The molecule has 0 bridgehead atoms. The number of aromatic nitrogens is 2. The summed E-state index contributed by atoms with van der Waals surface area (Å²) in [4.78, 5) is 36.9. The van der Waals surface area contributed by atoms with Crippen LogP contribution in [-0.4, -0.2) is 68.5 Å². The Morgan fingerprint density at radius 3 is 2.69 bits per heavy atom. The average molecular weight is 522 g/mol. The third kappa shape index (κ3) is 5.67. The smallest absolute Gasteiger partial charge is 0.280 e. The maximum atomic E-state index is 14.1. The highest BCUT2D eigenvalue weighted by Gasteiger charge is 2.46. The molecule has 1 saturated carbocycles. The van der Waals surface area contributed by atoms with E-state index in [1.807, 2.05) is 19.9 Å². The fraction of sp³-hybridized carbons (Fsp3) is 0.600. The molecule has 11 heteroatoms. The van der Waals surface area contributed by atoms with Crippen molar-refractivity contribution in [1.82, 2.24) is 20.2 Å². The van der Waals surface area contributed by atoms with Gasteiger partial charge >= 0.3 is 0 Å². The van der Waals surface area contributed by atoms with Crippen LogP contribution in [0.1, 0.15) is 78.7 Å². The molecule has 0 spiro atoms. The lowest BCUT2D eigenvalue weighted by Gasteiger charge is -2.20. The Morgan fingerprint density at radius 1 is 1.36 bits per heavy atom. The molecule has 8 nitrogen and oxygen atoms in total. The van der Waals surface area contributed by atoms with Crippen molar-refractivity contribution in [3.05, 3.63) is 28.5 Å². The lowest BCUT2D eigenvalue weighted by atomic mass is 10.1. The lowest BCUT2D eigenvalue weighted by Crippen LogP contribution is -2.36. The van der Waals surface area contributed by atoms with Crippen molar-refractivity contribution >= 4 is 29.0 Å². The van der Waals surface area contributed by atoms with Gasteiger partial charge in [0, 0.05) is 36.3 Å². The summed E-state index contributed by atoms with van der Waals surface area (Å²) in [6, 6.07) is 1.26. The van der Waals surface area contributed by atoms with Gasteiger partial charge in [-0.3, -0.25) is 9.59 Å². The summed E-state index contributed by atoms with van der Waals surface area (Å²) < 4.78 is 28.1. The van der Waals surface area contributed by atoms with Gasteiger partial charge in [-0.2, -0.15) is 0 Å². The highest BCUT2D eigenvalue weighted by atomic mass is 32.1. The number of likely N-dealkylation sites (tertiary alicyclic amines) is 1. The van der Waals surface area contributed by atoms with Gasteiger partial charge in [-0.1, -0.05) is 6.92 Å². The van der Waals surface area contributed by atoms with Crippen molar-refractivity contribution in [1.29, 1.82) is 0 Å². The number of rotatable bonds is 7. The summed E-state index contributed by atoms with van der Waals surface area (Å²) in [5, 5.41) is 16.0. The third-order valence-electron chi connectivity index (χ3n) is 6.91. The fourth-order valence-electron chi connectivity index (χ4n) is 4.73. The number of aliphatic hydroxyl groups is 1. The molecule has 2 amide bonds. The van der Waals surface area contributed by atoms with E-state index in [2.05, 4.69) is 27.5 Å². The van der Waals surface area contributed by atoms with Gasteiger partial charge in [-0.05, 0) is 58.1 Å². The van der Waals surface area contributed by atoms with E-state index in [1.54, 1.807) is 13.1 Å². The van der Waals surface area contributed by atoms with Crippen LogP contribution in [0.15, 0.2) is 12.3 Å². The van der Waals surface area contributed by atoms with Gasteiger partial charge in [0.25, 0.3) is 17.7 Å². The van der Waals surface area contributed by atoms with Crippen molar-refractivity contribution < 1.29 is 23.5 Å². The predicted molar refractivity (Wildman–Crippen MR) is 135 cm³/mol. The second kappa shape index (κ2) is 10.4. The summed E-state index contributed by atoms with van der Waals surface area (Å²) >= 11 is 1.05. The Labute approximate surface area is 213 Å². The first kappa shape index (κ1) is 26.4. The van der Waals surface area contributed by atoms with Gasteiger partial charge < -0.3 is 20.6 Å². The molecule has 0 aromatic carbocycles. The number of thiazole rings is 1. The molecular formula is C25H33F2N5O3S. The second-order valence-electron chi connectivity index (χ2n) is 10.0. The van der Waals surface area contributed by atoms with E-state index in [9.17, 15) is 23.5 Å². The van der Waals surface area contributed by atoms with E-state index < -0.39 is 42.8 Å². The van der Waals surface area contributed by atoms with E-state index in [0.717, 1.165) is 28.2 Å². The normalized spacial score (nSPS) is 24.1. The summed E-state index contributed by atoms with van der Waals surface area (Å²) in [6.45, 7) is 6.90. The lowest BCUT2D eigenvalue weighted by molar-refractivity contribution is 0.0118. The Morgan fingerprint density at radius 2 is 2.11 bits per heavy atom. The fourth-order valence-corrected chi connectivity index (χ4v) is 5.76. The average Bonchev–Trinajstić information content (AvgIpc) is 3.50. The number of carbonyl (C=O) groups excluding carboxylic acids is 2. The Bertz CT molecular complexity index is 1140. The highest BCUT2D eigenvalue weighted by molar-refractivity contribution is 7.17. The van der Waals surface area contributed by atoms with Crippen LogP contribution in [0, 0.1) is 6.92 Å². The highest BCUT2D eigenvalue weighted by Crippen LogP contribution is 2.37. The number of carbonyl (C=O) groups is 2. The van der Waals surface area contributed by atoms with E-state index in [0.29, 0.717) is 35.5 Å². The number of anilines is 1. The Balaban J connectivity index is 1.69. The molecule has 3 N–H and O–H groups in total. The molecule has 1 saturated heterocycles. The van der Waals surface area contributed by atoms with Gasteiger partial charge in [-0.25, -0.2) is 18.7 Å². The van der Waals surface area contributed by atoms with Crippen molar-refractivity contribution in [3.8, 4) is 10.4 Å². The molecule has 1 aliphatic heterocycles. The molecule has 2 aliphatic rings. The molecular weight excluding hydrogens is 488 g/mol. The standard InChI is InChI=1S/C25H33F2N5O3S/c1-5-14(3)29-19-8-13(2)18(11-28-19)21-20(24(35)32-12-25(26,27)10-15(32)4)31-23(36-21)22(34)30-16-6-7-17(33)9-16/h8,11,14-17,33H,5-7,9-10,12H2,1-4H3,(H,28,29)(H,30,34)/t14-,15+,16-,17-/m1/s1. The summed E-state index contributed by atoms with van der Waals surface area (Å²) in [5.41, 5.74) is 1.42. The number of hydrogen-bond acceptors (Lipinski definition) is 7. The van der Waals surface area contributed by atoms with Crippen LogP contribution in [0.3, 0.4) is 0 Å². The SMILES string of the molecule is CC[C@@H](C)Nc1cc(C)c(-c2sc(C(=O)N[C@@H]3CC[C@@H](O)C3)nc2C(=O)N2CC(F)(F)C[C@@H]2C)cn1. The van der Waals surface area contributed by atoms with Gasteiger partial charge in [0.05, 0.1) is 17.5 Å². The molecule has 196 valence electrons. The maximum Gasteiger partial charge on any atom is 0.280 e. The number of alkyl halides is 2. The number of halogens is 2. The minimum Gasteiger partial charge on any atom is -0.393 e. The van der Waals surface area contributed by atoms with Crippen molar-refractivity contribution in [2.24, 2.45) is 0 Å². The molecule has 2 aromatic heterocycles. The van der Waals surface area contributed by atoms with Gasteiger partial charge in [-0.15, -0.1) is 11.3 Å². The summed E-state index contributed by atoms with van der Waals surface area (Å²) in [5.74, 6) is -3.34. The van der Waals surface area contributed by atoms with Crippen LogP contribution in [0.25, 0.3) is 10.4 Å². The van der Waals surface area contributed by atoms with Crippen LogP contribution in [0.4, 0.5) is 14.6 Å². The van der Waals surface area contributed by atoms with Crippen molar-refractivity contribution in [2.75, 3.05) is 11.9 Å². The zero-order valence-corrected chi connectivity index (χ0v) is 21.8. The number of nitrogens with one attached hydrogen (secondary N) is 2. The molecule has 36 heavy (non-hydrogen) atoms. The van der Waals surface area contributed by atoms with E-state index in [4.69, 9.17) is 0 Å². The van der Waals surface area contributed by atoms with Gasteiger partial charge in [0.2, 0.25) is 0 Å². The van der Waals surface area contributed by atoms with E-state index >= 15 is 0 Å². The minimum absolute atomic E-state index is 0.0197. The molecule has 0 unspecified atom stereocenters. The molecule has 0 radical (unpaired) electrons. The molecule has 4 atom stereocenters. The predicted octanol–water partition coefficient (Wildman–Crippen LogP) is 4.24. The van der Waals surface area contributed by atoms with Crippen LogP contribution in [0.5, 0.6) is 0 Å². The van der Waals surface area contributed by atoms with Crippen LogP contribution >= 0.6 is 11.3 Å². The van der Waals surface area contributed by atoms with Crippen molar-refractivity contribution in [2.45, 2.75) is 90.0 Å². The van der Waals surface area contributed by atoms with Crippen LogP contribution in [-0.2, 0) is 0 Å². The molecule has 2 fully saturated rings. The van der Waals surface area contributed by atoms with Gasteiger partial charge in [0.1, 0.15) is 11.5 Å². The maximum absolute atomic E-state index is 14.1. The van der Waals surface area contributed by atoms with Gasteiger partial charge in [0.15, 0.2) is 5.01 Å². The molecule has 1 aliphatic carbocycles. The zero-order chi connectivity index (χ0) is 26.2. The number of pyridine rings is 1. The zero-order valence-electron chi connectivity index (χ0n) is 21.0. The number of nitrogens with zero attached hydrogens (tertiary/aromatic N) is 3. The minimum atomic E-state index is -2.96. The number of hydrogen-bond donors (Lipinski definition) is 3. The number of amides is 2. The topological polar surface area (TPSA) is 107 Å². The Kier molecular flexibility index (Phi) is 7.61. The molecule has 2 aromatic rings.